The summed E-state index contributed by atoms with van der Waals surface area (Å²) < 4.78 is 99.1. The van der Waals surface area contributed by atoms with Gasteiger partial charge in [-0.1, -0.05) is 18.2 Å². The Kier molecular flexibility index (Phi) is 5.18. The maximum atomic E-state index is 14.2. The molecule has 1 aromatic heterocycles. The van der Waals surface area contributed by atoms with Crippen molar-refractivity contribution in [2.75, 3.05) is 5.32 Å². The summed E-state index contributed by atoms with van der Waals surface area (Å²) in [4.78, 5) is 11.9. The summed E-state index contributed by atoms with van der Waals surface area (Å²) in [5.41, 5.74) is -4.31. The molecule has 0 fully saturated rings. The molecule has 152 valence electrons. The Morgan fingerprint density at radius 2 is 1.52 bits per heavy atom. The minimum absolute atomic E-state index is 0.0973. The number of amides is 1. The van der Waals surface area contributed by atoms with Crippen molar-refractivity contribution in [2.24, 2.45) is 0 Å². The Balaban J connectivity index is 2.00. The predicted octanol–water partition coefficient (Wildman–Crippen LogP) is 5.06. The lowest BCUT2D eigenvalue weighted by Crippen LogP contribution is -2.21. The van der Waals surface area contributed by atoms with E-state index in [2.05, 4.69) is 5.10 Å². The number of nitrogens with one attached hydrogen (secondary N) is 1. The highest BCUT2D eigenvalue weighted by Gasteiger charge is 2.43. The molecule has 1 amide bonds. The van der Waals surface area contributed by atoms with Gasteiger partial charge in [-0.05, 0) is 12.1 Å². The number of hydrogen-bond donors (Lipinski definition) is 1. The van der Waals surface area contributed by atoms with Crippen LogP contribution in [0.1, 0.15) is 5.56 Å². The molecule has 0 saturated heterocycles. The first kappa shape index (κ1) is 20.2. The zero-order valence-electron chi connectivity index (χ0n) is 13.9. The molecule has 0 aliphatic rings. The lowest BCUT2D eigenvalue weighted by atomic mass is 10.1. The van der Waals surface area contributed by atoms with E-state index in [1.165, 1.54) is 12.1 Å². The van der Waals surface area contributed by atoms with Gasteiger partial charge in [-0.15, -0.1) is 0 Å². The van der Waals surface area contributed by atoms with E-state index < -0.39 is 52.6 Å². The number of benzene rings is 2. The van der Waals surface area contributed by atoms with Crippen LogP contribution in [-0.4, -0.2) is 15.9 Å². The molecule has 12 heteroatoms. The Hall–Kier alpha value is -3.57. The third-order valence-corrected chi connectivity index (χ3v) is 3.56. The highest BCUT2D eigenvalue weighted by Crippen LogP contribution is 2.38. The molecule has 0 aliphatic carbocycles. The number of carbonyl (C=O) groups is 1. The summed E-state index contributed by atoms with van der Waals surface area (Å²) >= 11 is 0. The van der Waals surface area contributed by atoms with Crippen LogP contribution in [0.3, 0.4) is 0 Å². The van der Waals surface area contributed by atoms with Gasteiger partial charge in [0, 0.05) is 6.07 Å². The first-order chi connectivity index (χ1) is 13.6. The van der Waals surface area contributed by atoms with Gasteiger partial charge in [0.15, 0.2) is 23.3 Å². The van der Waals surface area contributed by atoms with Crippen molar-refractivity contribution in [3.63, 3.8) is 0 Å². The molecular weight excluding hydrogens is 411 g/mol. The number of alkyl halides is 3. The van der Waals surface area contributed by atoms with Gasteiger partial charge >= 0.3 is 12.3 Å². The normalized spacial score (nSPS) is 11.4. The molecule has 0 atom stereocenters. The Morgan fingerprint density at radius 3 is 2.07 bits per heavy atom. The molecule has 0 aliphatic heterocycles. The van der Waals surface area contributed by atoms with E-state index in [1.807, 2.05) is 5.32 Å². The summed E-state index contributed by atoms with van der Waals surface area (Å²) in [6, 6.07) is 8.53. The fraction of sp³-hybridized carbons (Fsp3) is 0.0588. The van der Waals surface area contributed by atoms with Crippen molar-refractivity contribution in [3.05, 3.63) is 71.4 Å². The van der Waals surface area contributed by atoms with Gasteiger partial charge in [0.2, 0.25) is 0 Å². The van der Waals surface area contributed by atoms with E-state index >= 15 is 0 Å². The number of anilines is 1. The first-order valence-electron chi connectivity index (χ1n) is 7.62. The summed E-state index contributed by atoms with van der Waals surface area (Å²) in [5.74, 6) is -10.4. The van der Waals surface area contributed by atoms with Crippen LogP contribution in [0.4, 0.5) is 41.3 Å². The molecule has 1 N–H and O–H groups in total. The minimum Gasteiger partial charge on any atom is -0.410 e. The molecule has 3 aromatic rings. The predicted molar refractivity (Wildman–Crippen MR) is 84.5 cm³/mol. The molecule has 0 bridgehead atoms. The van der Waals surface area contributed by atoms with Crippen LogP contribution < -0.4 is 10.1 Å². The SMILES string of the molecule is O=C(Nc1ccnn1-c1c(F)c(F)c(C(F)(F)F)c(F)c1F)Oc1ccccc1. The number of aromatic nitrogens is 2. The zero-order chi connectivity index (χ0) is 21.3. The van der Waals surface area contributed by atoms with Crippen LogP contribution in [0, 0.1) is 23.3 Å². The van der Waals surface area contributed by atoms with Gasteiger partial charge in [-0.25, -0.2) is 27.0 Å². The molecule has 3 rings (SSSR count). The summed E-state index contributed by atoms with van der Waals surface area (Å²) in [6.07, 6.45) is -5.96. The summed E-state index contributed by atoms with van der Waals surface area (Å²) in [6.45, 7) is 0. The smallest absolute Gasteiger partial charge is 0.410 e. The van der Waals surface area contributed by atoms with Crippen LogP contribution in [0.15, 0.2) is 42.6 Å². The maximum Gasteiger partial charge on any atom is 0.422 e. The number of rotatable bonds is 3. The number of para-hydroxylation sites is 1. The molecule has 1 heterocycles. The van der Waals surface area contributed by atoms with Gasteiger partial charge < -0.3 is 4.74 Å². The van der Waals surface area contributed by atoms with Crippen molar-refractivity contribution in [1.29, 1.82) is 0 Å². The van der Waals surface area contributed by atoms with E-state index in [9.17, 15) is 35.5 Å². The van der Waals surface area contributed by atoms with Gasteiger partial charge in [0.05, 0.1) is 6.20 Å². The highest BCUT2D eigenvalue weighted by atomic mass is 19.4. The van der Waals surface area contributed by atoms with Gasteiger partial charge in [-0.3, -0.25) is 5.32 Å². The lowest BCUT2D eigenvalue weighted by molar-refractivity contribution is -0.143. The zero-order valence-corrected chi connectivity index (χ0v) is 13.9. The Labute approximate surface area is 157 Å². The molecule has 29 heavy (non-hydrogen) atoms. The van der Waals surface area contributed by atoms with Gasteiger partial charge in [-0.2, -0.15) is 18.3 Å². The number of ether oxygens (including phenoxy) is 1. The third-order valence-electron chi connectivity index (χ3n) is 3.56. The van der Waals surface area contributed by atoms with Crippen LogP contribution in [-0.2, 0) is 6.18 Å². The quantitative estimate of drug-likeness (QED) is 0.477. The second-order valence-electron chi connectivity index (χ2n) is 5.43. The van der Waals surface area contributed by atoms with E-state index in [1.54, 1.807) is 18.2 Å². The molecular formula is C17H8F7N3O2. The second kappa shape index (κ2) is 7.45. The molecule has 0 spiro atoms. The van der Waals surface area contributed by atoms with Crippen LogP contribution >= 0.6 is 0 Å². The van der Waals surface area contributed by atoms with Crippen molar-refractivity contribution in [1.82, 2.24) is 9.78 Å². The average molecular weight is 419 g/mol. The molecule has 2 aromatic carbocycles. The summed E-state index contributed by atoms with van der Waals surface area (Å²) in [7, 11) is 0. The fourth-order valence-electron chi connectivity index (χ4n) is 2.36. The van der Waals surface area contributed by atoms with E-state index in [-0.39, 0.29) is 10.4 Å². The lowest BCUT2D eigenvalue weighted by Gasteiger charge is -2.15. The van der Waals surface area contributed by atoms with E-state index in [0.29, 0.717) is 0 Å². The minimum atomic E-state index is -5.68. The monoisotopic (exact) mass is 419 g/mol. The molecule has 5 nitrogen and oxygen atoms in total. The second-order valence-corrected chi connectivity index (χ2v) is 5.43. The Bertz CT molecular complexity index is 1040. The largest absolute Gasteiger partial charge is 0.422 e. The number of carbonyl (C=O) groups excluding carboxylic acids is 1. The van der Waals surface area contributed by atoms with Crippen molar-refractivity contribution in [2.45, 2.75) is 6.18 Å². The molecule has 0 radical (unpaired) electrons. The van der Waals surface area contributed by atoms with Crippen LogP contribution in [0.25, 0.3) is 5.69 Å². The molecule has 0 saturated carbocycles. The number of nitrogens with zero attached hydrogens (tertiary/aromatic N) is 2. The highest BCUT2D eigenvalue weighted by molar-refractivity contribution is 5.85. The molecule has 0 unspecified atom stereocenters. The standard InChI is InChI=1S/C17H8F7N3O2/c18-11-10(17(22,23)24)12(19)14(21)15(13(11)20)27-9(6-7-25-27)26-16(28)29-8-4-2-1-3-5-8/h1-7H,(H,26,28). The Morgan fingerprint density at radius 1 is 0.931 bits per heavy atom. The topological polar surface area (TPSA) is 56.2 Å². The van der Waals surface area contributed by atoms with Crippen LogP contribution in [0.5, 0.6) is 5.75 Å². The van der Waals surface area contributed by atoms with Gasteiger partial charge in [0.25, 0.3) is 0 Å². The number of halogens is 7. The van der Waals surface area contributed by atoms with E-state index in [4.69, 9.17) is 4.74 Å². The first-order valence-corrected chi connectivity index (χ1v) is 7.62. The van der Waals surface area contributed by atoms with E-state index in [0.717, 1.165) is 12.3 Å². The van der Waals surface area contributed by atoms with Crippen LogP contribution in [0.2, 0.25) is 0 Å². The fourth-order valence-corrected chi connectivity index (χ4v) is 2.36. The maximum absolute atomic E-state index is 14.2. The third kappa shape index (κ3) is 3.86. The summed E-state index contributed by atoms with van der Waals surface area (Å²) in [5, 5.41) is 5.41. The average Bonchev–Trinajstić information content (AvgIpc) is 3.08. The van der Waals surface area contributed by atoms with Crippen molar-refractivity contribution < 1.29 is 40.3 Å². The van der Waals surface area contributed by atoms with Gasteiger partial charge in [0.1, 0.15) is 22.8 Å². The van der Waals surface area contributed by atoms with Crippen molar-refractivity contribution >= 4 is 11.9 Å². The number of hydrogen-bond acceptors (Lipinski definition) is 3. The van der Waals surface area contributed by atoms with Crippen molar-refractivity contribution in [3.8, 4) is 11.4 Å².